The summed E-state index contributed by atoms with van der Waals surface area (Å²) in [6, 6.07) is 31.6. The number of para-hydroxylation sites is 2. The van der Waals surface area contributed by atoms with E-state index in [2.05, 4.69) is 21.9 Å². The van der Waals surface area contributed by atoms with E-state index >= 15 is 0 Å². The van der Waals surface area contributed by atoms with E-state index in [0.29, 0.717) is 58.2 Å². The van der Waals surface area contributed by atoms with Crippen molar-refractivity contribution in [2.45, 2.75) is 18.9 Å². The lowest BCUT2D eigenvalue weighted by Crippen LogP contribution is -2.26. The quantitative estimate of drug-likeness (QED) is 0.161. The van der Waals surface area contributed by atoms with Crippen LogP contribution in [0.4, 0.5) is 11.5 Å². The molecule has 0 atom stereocenters. The van der Waals surface area contributed by atoms with Crippen LogP contribution in [0.5, 0.6) is 23.0 Å². The number of likely N-dealkylation sites (N-methyl/N-ethyl adjacent to an activating group) is 2. The maximum atomic E-state index is 14.5. The van der Waals surface area contributed by atoms with Gasteiger partial charge in [-0.2, -0.15) is 0 Å². The van der Waals surface area contributed by atoms with Gasteiger partial charge in [0.05, 0.1) is 11.4 Å². The van der Waals surface area contributed by atoms with Crippen LogP contribution in [-0.2, 0) is 4.79 Å². The van der Waals surface area contributed by atoms with E-state index in [0.717, 1.165) is 0 Å². The van der Waals surface area contributed by atoms with E-state index in [1.807, 2.05) is 66.7 Å². The summed E-state index contributed by atoms with van der Waals surface area (Å²) in [5.74, 6) is 2.16. The minimum atomic E-state index is -0.453. The largest absolute Gasteiger partial charge is 0.457 e. The number of fused-ring (bicyclic) bond motifs is 1. The van der Waals surface area contributed by atoms with E-state index in [9.17, 15) is 9.59 Å². The molecular formula is C38H35N7O4. The molecule has 0 unspecified atom stereocenters. The third-order valence-corrected chi connectivity index (χ3v) is 8.42. The van der Waals surface area contributed by atoms with Crippen molar-refractivity contribution >= 4 is 28.6 Å². The van der Waals surface area contributed by atoms with Gasteiger partial charge in [0, 0.05) is 31.4 Å². The Labute approximate surface area is 283 Å². The Morgan fingerprint density at radius 3 is 2.18 bits per heavy atom. The molecule has 2 N–H and O–H groups in total. The Bertz CT molecular complexity index is 2190. The number of hydrogen-bond acceptors (Lipinski definition) is 8. The van der Waals surface area contributed by atoms with Gasteiger partial charge in [0.2, 0.25) is 5.91 Å². The third kappa shape index (κ3) is 6.65. The molecule has 0 saturated heterocycles. The van der Waals surface area contributed by atoms with Crippen LogP contribution < -0.4 is 25.8 Å². The fourth-order valence-electron chi connectivity index (χ4n) is 5.61. The highest BCUT2D eigenvalue weighted by Gasteiger charge is 2.26. The molecule has 246 valence electrons. The van der Waals surface area contributed by atoms with Crippen molar-refractivity contribution < 1.29 is 14.3 Å². The fraction of sp³-hybridized carbons (Fsp3) is 0.158. The van der Waals surface area contributed by atoms with Gasteiger partial charge in [-0.15, -0.1) is 0 Å². The molecule has 1 amide bonds. The second-order valence-corrected chi connectivity index (χ2v) is 11.8. The smallest absolute Gasteiger partial charge is 0.339 e. The monoisotopic (exact) mass is 653 g/mol. The van der Waals surface area contributed by atoms with E-state index in [1.54, 1.807) is 55.6 Å². The van der Waals surface area contributed by atoms with Crippen molar-refractivity contribution in [1.29, 1.82) is 0 Å². The average Bonchev–Trinajstić information content (AvgIpc) is 3.93. The first-order valence-electron chi connectivity index (χ1n) is 16.0. The molecule has 11 heteroatoms. The van der Waals surface area contributed by atoms with Crippen molar-refractivity contribution in [2.24, 2.45) is 0 Å². The summed E-state index contributed by atoms with van der Waals surface area (Å²) in [5.41, 5.74) is 8.01. The van der Waals surface area contributed by atoms with Gasteiger partial charge in [0.15, 0.2) is 17.2 Å². The number of ether oxygens (including phenoxy) is 2. The highest BCUT2D eigenvalue weighted by atomic mass is 16.5. The first-order chi connectivity index (χ1) is 23.9. The normalized spacial score (nSPS) is 12.9. The van der Waals surface area contributed by atoms with Gasteiger partial charge in [0.25, 0.3) is 0 Å². The zero-order valence-electron chi connectivity index (χ0n) is 27.1. The Hall–Kier alpha value is -6.20. The maximum absolute atomic E-state index is 14.5. The number of nitrogens with zero attached hydrogens (tertiary/aromatic N) is 6. The number of aromatic nitrogens is 4. The highest BCUT2D eigenvalue weighted by Crippen LogP contribution is 2.34. The van der Waals surface area contributed by atoms with Crippen molar-refractivity contribution in [1.82, 2.24) is 24.0 Å². The van der Waals surface area contributed by atoms with Gasteiger partial charge < -0.3 is 20.1 Å². The van der Waals surface area contributed by atoms with E-state index in [-0.39, 0.29) is 17.4 Å². The number of amides is 1. The lowest BCUT2D eigenvalue weighted by Gasteiger charge is -2.19. The Morgan fingerprint density at radius 2 is 1.51 bits per heavy atom. The van der Waals surface area contributed by atoms with Gasteiger partial charge >= 0.3 is 5.69 Å². The second-order valence-electron chi connectivity index (χ2n) is 11.8. The number of rotatable bonds is 11. The van der Waals surface area contributed by atoms with Gasteiger partial charge in [-0.3, -0.25) is 14.3 Å². The molecule has 0 radical (unpaired) electrons. The summed E-state index contributed by atoms with van der Waals surface area (Å²) in [7, 11) is 3.75. The standard InChI is InChI=1S/C38H35N7O4/c1-42(26-15-16-26)23-9-14-34(46)43(2)28-19-22-33(49-30-12-7-4-8-13-30)32(24-28)45-37-35(36(39)40-25-41-37)44(38(45)47)27-17-20-31(21-18-27)48-29-10-5-3-6-11-29/h3-14,17-22,24-26H,15-16,23H2,1-2H3,(H2,39,40,41)/b14-9+. The number of carbonyl (C=O) groups excluding carboxylic acids is 1. The summed E-state index contributed by atoms with van der Waals surface area (Å²) in [6.07, 6.45) is 7.15. The summed E-state index contributed by atoms with van der Waals surface area (Å²) in [5, 5.41) is 0. The molecule has 0 spiro atoms. The summed E-state index contributed by atoms with van der Waals surface area (Å²) >= 11 is 0. The number of hydrogen-bond donors (Lipinski definition) is 1. The number of benzene rings is 4. The number of nitrogen functional groups attached to an aromatic ring is 1. The van der Waals surface area contributed by atoms with Crippen LogP contribution in [0.3, 0.4) is 0 Å². The van der Waals surface area contributed by atoms with Crippen LogP contribution in [0, 0.1) is 0 Å². The molecule has 2 aromatic heterocycles. The minimum Gasteiger partial charge on any atom is -0.457 e. The molecule has 0 aliphatic heterocycles. The topological polar surface area (TPSA) is 121 Å². The number of carbonyl (C=O) groups is 1. The molecule has 7 rings (SSSR count). The molecule has 1 aliphatic rings. The zero-order chi connectivity index (χ0) is 33.9. The van der Waals surface area contributed by atoms with Crippen molar-refractivity contribution in [3.63, 3.8) is 0 Å². The fourth-order valence-corrected chi connectivity index (χ4v) is 5.61. The summed E-state index contributed by atoms with van der Waals surface area (Å²) in [4.78, 5) is 40.3. The minimum absolute atomic E-state index is 0.126. The zero-order valence-corrected chi connectivity index (χ0v) is 27.1. The first kappa shape index (κ1) is 31.4. The lowest BCUT2D eigenvalue weighted by atomic mass is 10.2. The van der Waals surface area contributed by atoms with Crippen LogP contribution in [0.25, 0.3) is 22.5 Å². The van der Waals surface area contributed by atoms with Crippen molar-refractivity contribution in [2.75, 3.05) is 31.3 Å². The molecule has 4 aromatic carbocycles. The number of anilines is 2. The van der Waals surface area contributed by atoms with Crippen LogP contribution in [-0.4, -0.2) is 56.6 Å². The van der Waals surface area contributed by atoms with Crippen LogP contribution in [0.1, 0.15) is 12.8 Å². The molecule has 0 bridgehead atoms. The Balaban J connectivity index is 1.31. The molecule has 6 aromatic rings. The van der Waals surface area contributed by atoms with Crippen LogP contribution in [0.2, 0.25) is 0 Å². The Kier molecular flexibility index (Phi) is 8.65. The predicted molar refractivity (Wildman–Crippen MR) is 190 cm³/mol. The number of nitrogens with two attached hydrogens (primary N) is 1. The highest BCUT2D eigenvalue weighted by molar-refractivity contribution is 6.01. The third-order valence-electron chi connectivity index (χ3n) is 8.42. The SMILES string of the molecule is CN(C(=O)/C=C/CN(C)C1CC1)c1ccc(Oc2ccccc2)c(-n2c(=O)n(-c3ccc(Oc4ccccc4)cc3)c3c(N)ncnc32)c1. The van der Waals surface area contributed by atoms with Gasteiger partial charge in [-0.25, -0.2) is 19.3 Å². The Morgan fingerprint density at radius 1 is 0.857 bits per heavy atom. The van der Waals surface area contributed by atoms with E-state index < -0.39 is 5.69 Å². The van der Waals surface area contributed by atoms with Gasteiger partial charge in [0.1, 0.15) is 29.1 Å². The van der Waals surface area contributed by atoms with Gasteiger partial charge in [-0.05, 0) is 86.6 Å². The molecule has 49 heavy (non-hydrogen) atoms. The summed E-state index contributed by atoms with van der Waals surface area (Å²) in [6.45, 7) is 0.689. The van der Waals surface area contributed by atoms with Gasteiger partial charge in [-0.1, -0.05) is 42.5 Å². The molecular weight excluding hydrogens is 618 g/mol. The molecule has 1 saturated carbocycles. The van der Waals surface area contributed by atoms with E-state index in [4.69, 9.17) is 15.2 Å². The predicted octanol–water partition coefficient (Wildman–Crippen LogP) is 6.35. The average molecular weight is 654 g/mol. The lowest BCUT2D eigenvalue weighted by molar-refractivity contribution is -0.113. The molecule has 2 heterocycles. The summed E-state index contributed by atoms with van der Waals surface area (Å²) < 4.78 is 15.2. The molecule has 11 nitrogen and oxygen atoms in total. The van der Waals surface area contributed by atoms with E-state index in [1.165, 1.54) is 33.2 Å². The number of imidazole rings is 1. The van der Waals surface area contributed by atoms with Crippen molar-refractivity contribution in [3.05, 3.63) is 132 Å². The molecule has 1 aliphatic carbocycles. The van der Waals surface area contributed by atoms with Crippen LogP contribution >= 0.6 is 0 Å². The first-order valence-corrected chi connectivity index (χ1v) is 16.0. The maximum Gasteiger partial charge on any atom is 0.339 e. The van der Waals surface area contributed by atoms with Crippen molar-refractivity contribution in [3.8, 4) is 34.4 Å². The second kappa shape index (κ2) is 13.5. The molecule has 1 fully saturated rings. The van der Waals surface area contributed by atoms with Crippen LogP contribution in [0.15, 0.2) is 126 Å².